The molecule has 0 bridgehead atoms. The Hall–Kier alpha value is -1.22. The van der Waals surface area contributed by atoms with Crippen LogP contribution in [0.15, 0.2) is 18.2 Å². The van der Waals surface area contributed by atoms with E-state index in [4.69, 9.17) is 11.6 Å². The van der Waals surface area contributed by atoms with Gasteiger partial charge in [-0.05, 0) is 35.4 Å². The van der Waals surface area contributed by atoms with Gasteiger partial charge in [-0.1, -0.05) is 45.4 Å². The van der Waals surface area contributed by atoms with Gasteiger partial charge < -0.3 is 9.80 Å². The molecular formula is C19H27ClN2O. The van der Waals surface area contributed by atoms with E-state index in [1.54, 1.807) is 0 Å². The van der Waals surface area contributed by atoms with Crippen LogP contribution in [0.5, 0.6) is 0 Å². The van der Waals surface area contributed by atoms with Gasteiger partial charge in [-0.25, -0.2) is 0 Å². The quantitative estimate of drug-likeness (QED) is 0.816. The summed E-state index contributed by atoms with van der Waals surface area (Å²) in [6, 6.07) is 6.02. The van der Waals surface area contributed by atoms with E-state index in [0.717, 1.165) is 31.2 Å². The highest BCUT2D eigenvalue weighted by molar-refractivity contribution is 6.30. The lowest BCUT2D eigenvalue weighted by molar-refractivity contribution is -0.134. The van der Waals surface area contributed by atoms with Crippen LogP contribution >= 0.6 is 11.6 Å². The molecule has 0 atom stereocenters. The number of rotatable bonds is 2. The van der Waals surface area contributed by atoms with Gasteiger partial charge in [0.2, 0.25) is 5.91 Å². The molecule has 3 nitrogen and oxygen atoms in total. The Balaban J connectivity index is 1.65. The molecule has 3 rings (SSSR count). The number of hydrogen-bond donors (Lipinski definition) is 0. The molecule has 2 fully saturated rings. The summed E-state index contributed by atoms with van der Waals surface area (Å²) in [5.74, 6) is 0.497. The van der Waals surface area contributed by atoms with Gasteiger partial charge in [-0.2, -0.15) is 0 Å². The molecule has 126 valence electrons. The molecule has 1 aromatic carbocycles. The highest BCUT2D eigenvalue weighted by Gasteiger charge is 2.68. The molecule has 1 aliphatic heterocycles. The number of carbonyl (C=O) groups is 1. The monoisotopic (exact) mass is 334 g/mol. The number of amides is 1. The summed E-state index contributed by atoms with van der Waals surface area (Å²) in [6.45, 7) is 14.3. The van der Waals surface area contributed by atoms with Crippen LogP contribution in [0.1, 0.15) is 33.3 Å². The third kappa shape index (κ3) is 2.63. The van der Waals surface area contributed by atoms with Crippen molar-refractivity contribution in [3.63, 3.8) is 0 Å². The van der Waals surface area contributed by atoms with Crippen molar-refractivity contribution >= 4 is 23.2 Å². The smallest absolute Gasteiger partial charge is 0.226 e. The zero-order chi connectivity index (χ0) is 17.0. The Bertz CT molecular complexity index is 616. The number of hydrogen-bond acceptors (Lipinski definition) is 2. The maximum absolute atomic E-state index is 12.8. The number of aryl methyl sites for hydroxylation is 1. The fourth-order valence-electron chi connectivity index (χ4n) is 4.09. The Morgan fingerprint density at radius 2 is 1.65 bits per heavy atom. The molecule has 1 saturated carbocycles. The standard InChI is InChI=1S/C19H27ClN2O/c1-13-6-7-14(20)12-15(13)21-8-10-22(11-9-21)17(23)16-18(2,3)19(16,4)5/h6-7,12,16H,8-11H2,1-5H3. The second-order valence-electron chi connectivity index (χ2n) is 8.12. The fraction of sp³-hybridized carbons (Fsp3) is 0.632. The van der Waals surface area contributed by atoms with Crippen molar-refractivity contribution < 1.29 is 4.79 Å². The lowest BCUT2D eigenvalue weighted by Gasteiger charge is -2.37. The lowest BCUT2D eigenvalue weighted by atomic mass is 10.0. The van der Waals surface area contributed by atoms with Crippen molar-refractivity contribution in [3.05, 3.63) is 28.8 Å². The number of nitrogens with zero attached hydrogens (tertiary/aromatic N) is 2. The summed E-state index contributed by atoms with van der Waals surface area (Å²) in [4.78, 5) is 17.2. The Morgan fingerprint density at radius 1 is 1.09 bits per heavy atom. The SMILES string of the molecule is Cc1ccc(Cl)cc1N1CCN(C(=O)C2C(C)(C)C2(C)C)CC1. The van der Waals surface area contributed by atoms with Gasteiger partial charge in [-0.15, -0.1) is 0 Å². The van der Waals surface area contributed by atoms with Gasteiger partial charge in [0.25, 0.3) is 0 Å². The Kier molecular flexibility index (Phi) is 3.91. The lowest BCUT2D eigenvalue weighted by Crippen LogP contribution is -2.50. The molecular weight excluding hydrogens is 308 g/mol. The normalized spacial score (nSPS) is 23.0. The predicted molar refractivity (Wildman–Crippen MR) is 96.0 cm³/mol. The van der Waals surface area contributed by atoms with Gasteiger partial charge in [-0.3, -0.25) is 4.79 Å². The van der Waals surface area contributed by atoms with Crippen LogP contribution in [-0.2, 0) is 4.79 Å². The maximum atomic E-state index is 12.8. The second kappa shape index (κ2) is 5.41. The van der Waals surface area contributed by atoms with Gasteiger partial charge in [0, 0.05) is 42.8 Å². The molecule has 23 heavy (non-hydrogen) atoms. The molecule has 2 aliphatic rings. The summed E-state index contributed by atoms with van der Waals surface area (Å²) < 4.78 is 0. The van der Waals surface area contributed by atoms with E-state index in [1.165, 1.54) is 11.3 Å². The van der Waals surface area contributed by atoms with Crippen LogP contribution in [0.25, 0.3) is 0 Å². The van der Waals surface area contributed by atoms with Crippen LogP contribution < -0.4 is 4.90 Å². The first-order valence-corrected chi connectivity index (χ1v) is 8.84. The average Bonchev–Trinajstić information content (AvgIpc) is 2.91. The third-order valence-corrected chi connectivity index (χ3v) is 6.61. The summed E-state index contributed by atoms with van der Waals surface area (Å²) >= 11 is 6.14. The highest BCUT2D eigenvalue weighted by atomic mass is 35.5. The molecule has 1 aromatic rings. The topological polar surface area (TPSA) is 23.6 Å². The van der Waals surface area contributed by atoms with E-state index in [-0.39, 0.29) is 16.7 Å². The molecule has 1 heterocycles. The molecule has 1 aliphatic carbocycles. The number of benzene rings is 1. The molecule has 1 amide bonds. The third-order valence-electron chi connectivity index (χ3n) is 6.37. The average molecular weight is 335 g/mol. The van der Waals surface area contributed by atoms with Crippen molar-refractivity contribution in [1.82, 2.24) is 4.90 Å². The van der Waals surface area contributed by atoms with Crippen molar-refractivity contribution in [2.45, 2.75) is 34.6 Å². The van der Waals surface area contributed by atoms with Crippen molar-refractivity contribution in [2.24, 2.45) is 16.7 Å². The van der Waals surface area contributed by atoms with Crippen LogP contribution in [0.3, 0.4) is 0 Å². The van der Waals surface area contributed by atoms with E-state index < -0.39 is 0 Å². The van der Waals surface area contributed by atoms with Gasteiger partial charge in [0.05, 0.1) is 0 Å². The molecule has 0 aromatic heterocycles. The summed E-state index contributed by atoms with van der Waals surface area (Å²) in [5.41, 5.74) is 2.66. The molecule has 0 radical (unpaired) electrons. The molecule has 4 heteroatoms. The minimum atomic E-state index is 0.116. The number of halogens is 1. The Labute approximate surface area is 144 Å². The minimum Gasteiger partial charge on any atom is -0.368 e. The van der Waals surface area contributed by atoms with Crippen LogP contribution in [0.2, 0.25) is 5.02 Å². The minimum absolute atomic E-state index is 0.116. The van der Waals surface area contributed by atoms with Crippen LogP contribution in [0, 0.1) is 23.7 Å². The first-order chi connectivity index (χ1) is 10.7. The first kappa shape index (κ1) is 16.6. The zero-order valence-electron chi connectivity index (χ0n) is 14.8. The van der Waals surface area contributed by atoms with E-state index >= 15 is 0 Å². The summed E-state index contributed by atoms with van der Waals surface area (Å²) in [7, 11) is 0. The van der Waals surface area contributed by atoms with Crippen molar-refractivity contribution in [3.8, 4) is 0 Å². The predicted octanol–water partition coefficient (Wildman–Crippen LogP) is 3.98. The number of carbonyl (C=O) groups excluding carboxylic acids is 1. The largest absolute Gasteiger partial charge is 0.368 e. The molecule has 0 unspecified atom stereocenters. The summed E-state index contributed by atoms with van der Waals surface area (Å²) in [5, 5.41) is 0.769. The molecule has 1 saturated heterocycles. The van der Waals surface area contributed by atoms with E-state index in [2.05, 4.69) is 50.5 Å². The summed E-state index contributed by atoms with van der Waals surface area (Å²) in [6.07, 6.45) is 0. The molecule has 0 spiro atoms. The van der Waals surface area contributed by atoms with E-state index in [0.29, 0.717) is 5.91 Å². The molecule has 0 N–H and O–H groups in total. The first-order valence-electron chi connectivity index (χ1n) is 8.46. The number of anilines is 1. The van der Waals surface area contributed by atoms with Gasteiger partial charge in [0.1, 0.15) is 0 Å². The van der Waals surface area contributed by atoms with Crippen LogP contribution in [0.4, 0.5) is 5.69 Å². The number of piperazine rings is 1. The second-order valence-corrected chi connectivity index (χ2v) is 8.56. The maximum Gasteiger partial charge on any atom is 0.226 e. The highest BCUT2D eigenvalue weighted by Crippen LogP contribution is 2.68. The van der Waals surface area contributed by atoms with Crippen molar-refractivity contribution in [2.75, 3.05) is 31.1 Å². The van der Waals surface area contributed by atoms with Gasteiger partial charge in [0.15, 0.2) is 0 Å². The van der Waals surface area contributed by atoms with E-state index in [1.807, 2.05) is 12.1 Å². The van der Waals surface area contributed by atoms with Gasteiger partial charge >= 0.3 is 0 Å². The van der Waals surface area contributed by atoms with Crippen molar-refractivity contribution in [1.29, 1.82) is 0 Å². The zero-order valence-corrected chi connectivity index (χ0v) is 15.6. The van der Waals surface area contributed by atoms with E-state index in [9.17, 15) is 4.79 Å². The van der Waals surface area contributed by atoms with Crippen LogP contribution in [-0.4, -0.2) is 37.0 Å². The fourth-order valence-corrected chi connectivity index (χ4v) is 4.25. The Morgan fingerprint density at radius 3 is 2.17 bits per heavy atom.